The lowest BCUT2D eigenvalue weighted by molar-refractivity contribution is -0.394. The molecule has 0 saturated heterocycles. The lowest BCUT2D eigenvalue weighted by atomic mass is 9.57. The molecule has 10 nitrogen and oxygen atoms in total. The molecule has 0 unspecified atom stereocenters. The van der Waals surface area contributed by atoms with Crippen molar-refractivity contribution in [1.29, 1.82) is 0 Å². The molecule has 0 aliphatic heterocycles. The predicted molar refractivity (Wildman–Crippen MR) is 104 cm³/mol. The van der Waals surface area contributed by atoms with Crippen LogP contribution in [0.2, 0.25) is 0 Å². The van der Waals surface area contributed by atoms with Crippen LogP contribution in [0.5, 0.6) is 0 Å². The molecule has 154 valence electrons. The minimum absolute atomic E-state index is 0.0651. The molecular weight excluding hydrogens is 394 g/mol. The third-order valence-corrected chi connectivity index (χ3v) is 5.99. The summed E-state index contributed by atoms with van der Waals surface area (Å²) in [5.41, 5.74) is -0.717. The Bertz CT molecular complexity index is 1070. The second-order valence-electron chi connectivity index (χ2n) is 7.64. The number of hydrogen-bond donors (Lipinski definition) is 0. The van der Waals surface area contributed by atoms with Gasteiger partial charge in [-0.3, -0.25) is 25.0 Å². The van der Waals surface area contributed by atoms with Gasteiger partial charge in [0.2, 0.25) is 0 Å². The van der Waals surface area contributed by atoms with Crippen molar-refractivity contribution in [1.82, 2.24) is 0 Å². The smallest absolute Gasteiger partial charge is 0.312 e. The third-order valence-electron chi connectivity index (χ3n) is 5.99. The molecule has 5 rings (SSSR count). The van der Waals surface area contributed by atoms with Gasteiger partial charge in [-0.05, 0) is 49.3 Å². The maximum Gasteiger partial charge on any atom is 0.372 e. The fourth-order valence-corrected chi connectivity index (χ4v) is 4.59. The average molecular weight is 411 g/mol. The number of ketones is 1. The van der Waals surface area contributed by atoms with E-state index in [1.807, 2.05) is 0 Å². The van der Waals surface area contributed by atoms with E-state index in [1.165, 1.54) is 0 Å². The molecule has 4 aliphatic carbocycles. The number of nitrogens with zero attached hydrogens (tertiary/aromatic N) is 3. The first-order chi connectivity index (χ1) is 14.3. The second kappa shape index (κ2) is 7.29. The zero-order chi connectivity index (χ0) is 21.6. The van der Waals surface area contributed by atoms with Crippen LogP contribution >= 0.6 is 0 Å². The van der Waals surface area contributed by atoms with E-state index in [0.29, 0.717) is 17.4 Å². The molecule has 2 bridgehead atoms. The van der Waals surface area contributed by atoms with Crippen LogP contribution < -0.4 is 0 Å². The number of benzene rings is 1. The summed E-state index contributed by atoms with van der Waals surface area (Å²) in [4.78, 5) is 50.5. The van der Waals surface area contributed by atoms with Crippen LogP contribution in [0, 0.1) is 43.9 Å². The topological polar surface area (TPSA) is 142 Å². The van der Waals surface area contributed by atoms with Crippen LogP contribution in [0.1, 0.15) is 30.1 Å². The maximum atomic E-state index is 12.7. The van der Waals surface area contributed by atoms with Gasteiger partial charge in [-0.15, -0.1) is 0 Å². The summed E-state index contributed by atoms with van der Waals surface area (Å²) in [5.74, 6) is -1.25. The van der Waals surface area contributed by atoms with Crippen molar-refractivity contribution in [3.05, 3.63) is 67.8 Å². The Morgan fingerprint density at radius 1 is 1.10 bits per heavy atom. The number of non-ortho nitro benzene ring substituents is 1. The largest absolute Gasteiger partial charge is 0.372 e. The van der Waals surface area contributed by atoms with Crippen LogP contribution in [-0.4, -0.2) is 27.3 Å². The van der Waals surface area contributed by atoms with Gasteiger partial charge < -0.3 is 4.84 Å². The van der Waals surface area contributed by atoms with Gasteiger partial charge in [-0.1, -0.05) is 17.3 Å². The SMILES string of the molecule is CC1=C/C(=N\OC(=O)c2ccc([N+](=O)[O-])cc2[N+](=O)[O-])[C@H]2[C@@H](C1=O)[C@H]1C=C[C@@H]2CC1. The van der Waals surface area contributed by atoms with Crippen molar-refractivity contribution in [2.24, 2.45) is 28.8 Å². The molecule has 10 heteroatoms. The highest BCUT2D eigenvalue weighted by Gasteiger charge is 2.48. The quantitative estimate of drug-likeness (QED) is 0.320. The van der Waals surface area contributed by atoms with Crippen molar-refractivity contribution in [2.45, 2.75) is 19.8 Å². The van der Waals surface area contributed by atoms with Crippen LogP contribution in [0.15, 0.2) is 47.2 Å². The van der Waals surface area contributed by atoms with Gasteiger partial charge in [-0.25, -0.2) is 4.79 Å². The maximum absolute atomic E-state index is 12.7. The van der Waals surface area contributed by atoms with E-state index in [0.717, 1.165) is 25.0 Å². The fourth-order valence-electron chi connectivity index (χ4n) is 4.59. The van der Waals surface area contributed by atoms with E-state index in [2.05, 4.69) is 17.3 Å². The molecule has 0 spiro atoms. The minimum atomic E-state index is -1.10. The molecule has 1 aromatic rings. The van der Waals surface area contributed by atoms with Crippen LogP contribution in [0.3, 0.4) is 0 Å². The number of nitro groups is 2. The average Bonchev–Trinajstić information content (AvgIpc) is 2.74. The first-order valence-corrected chi connectivity index (χ1v) is 9.41. The molecule has 0 radical (unpaired) electrons. The summed E-state index contributed by atoms with van der Waals surface area (Å²) in [7, 11) is 0. The monoisotopic (exact) mass is 411 g/mol. The second-order valence-corrected chi connectivity index (χ2v) is 7.64. The molecule has 0 heterocycles. The number of Topliss-reactive ketones (excluding diaryl/α,β-unsaturated/α-hetero) is 1. The number of rotatable bonds is 4. The van der Waals surface area contributed by atoms with Crippen LogP contribution in [0.4, 0.5) is 11.4 Å². The summed E-state index contributed by atoms with van der Waals surface area (Å²) in [5, 5.41) is 26.0. The first kappa shape index (κ1) is 19.6. The Labute approximate surface area is 170 Å². The van der Waals surface area contributed by atoms with E-state index in [4.69, 9.17) is 4.84 Å². The van der Waals surface area contributed by atoms with Crippen molar-refractivity contribution in [2.75, 3.05) is 0 Å². The van der Waals surface area contributed by atoms with Gasteiger partial charge in [0.1, 0.15) is 5.56 Å². The number of oxime groups is 1. The van der Waals surface area contributed by atoms with Gasteiger partial charge >= 0.3 is 5.97 Å². The summed E-state index contributed by atoms with van der Waals surface area (Å²) < 4.78 is 0. The molecular formula is C20H17N3O7. The zero-order valence-corrected chi connectivity index (χ0v) is 15.9. The summed E-state index contributed by atoms with van der Waals surface area (Å²) in [6.45, 7) is 1.68. The molecule has 30 heavy (non-hydrogen) atoms. The Kier molecular flexibility index (Phi) is 4.76. The number of nitro benzene ring substituents is 2. The zero-order valence-electron chi connectivity index (χ0n) is 15.9. The van der Waals surface area contributed by atoms with Gasteiger partial charge in [0.25, 0.3) is 11.4 Å². The van der Waals surface area contributed by atoms with Crippen molar-refractivity contribution in [3.63, 3.8) is 0 Å². The lowest BCUT2D eigenvalue weighted by Gasteiger charge is -2.45. The Balaban J connectivity index is 1.64. The van der Waals surface area contributed by atoms with E-state index < -0.39 is 32.8 Å². The Hall–Kier alpha value is -3.69. The van der Waals surface area contributed by atoms with Crippen LogP contribution in [0.25, 0.3) is 0 Å². The Morgan fingerprint density at radius 3 is 2.37 bits per heavy atom. The normalized spacial score (nSPS) is 28.1. The van der Waals surface area contributed by atoms with E-state index in [9.17, 15) is 29.8 Å². The van der Waals surface area contributed by atoms with Gasteiger partial charge in [0.15, 0.2) is 5.78 Å². The van der Waals surface area contributed by atoms with Crippen molar-refractivity contribution >= 4 is 28.8 Å². The molecule has 1 aromatic carbocycles. The Morgan fingerprint density at radius 2 is 1.77 bits per heavy atom. The number of allylic oxidation sites excluding steroid dienone is 4. The number of fused-ring (bicyclic) bond motifs is 1. The highest BCUT2D eigenvalue weighted by molar-refractivity contribution is 6.13. The molecule has 4 atom stereocenters. The summed E-state index contributed by atoms with van der Waals surface area (Å²) >= 11 is 0. The van der Waals surface area contributed by atoms with Gasteiger partial charge in [-0.2, -0.15) is 0 Å². The molecule has 0 aromatic heterocycles. The third kappa shape index (κ3) is 3.19. The van der Waals surface area contributed by atoms with Gasteiger partial charge in [0.05, 0.1) is 21.6 Å². The van der Waals surface area contributed by atoms with Crippen LogP contribution in [-0.2, 0) is 9.63 Å². The molecule has 1 fully saturated rings. The van der Waals surface area contributed by atoms with E-state index in [-0.39, 0.29) is 29.5 Å². The lowest BCUT2D eigenvalue weighted by Crippen LogP contribution is -2.47. The standard InChI is InChI=1S/C20H17N3O7/c1-10-8-15(17-11-2-4-12(5-3-11)18(17)19(10)24)21-30-20(25)14-7-6-13(22(26)27)9-16(14)23(28)29/h2,4,6-9,11-12,17-18H,3,5H2,1H3/b21-15+/t11-,12+,17+,18+/m1/s1. The number of carbonyl (C=O) groups excluding carboxylic acids is 2. The molecule has 1 saturated carbocycles. The first-order valence-electron chi connectivity index (χ1n) is 9.41. The highest BCUT2D eigenvalue weighted by Crippen LogP contribution is 2.48. The number of hydrogen-bond acceptors (Lipinski definition) is 8. The molecule has 0 N–H and O–H groups in total. The summed E-state index contributed by atoms with van der Waals surface area (Å²) in [6.07, 6.45) is 7.55. The van der Waals surface area contributed by atoms with Crippen molar-refractivity contribution in [3.8, 4) is 0 Å². The minimum Gasteiger partial charge on any atom is -0.312 e. The highest BCUT2D eigenvalue weighted by atomic mass is 16.7. The van der Waals surface area contributed by atoms with Gasteiger partial charge in [0, 0.05) is 17.9 Å². The molecule has 0 amide bonds. The number of carbonyl (C=O) groups is 2. The predicted octanol–water partition coefficient (Wildman–Crippen LogP) is 3.37. The van der Waals surface area contributed by atoms with E-state index >= 15 is 0 Å². The molecule has 4 aliphatic rings. The van der Waals surface area contributed by atoms with Crippen molar-refractivity contribution < 1.29 is 24.3 Å². The summed E-state index contributed by atoms with van der Waals surface area (Å²) in [6, 6.07) is 2.66. The van der Waals surface area contributed by atoms with E-state index in [1.54, 1.807) is 13.0 Å². The fraction of sp³-hybridized carbons (Fsp3) is 0.350.